The highest BCUT2D eigenvalue weighted by atomic mass is 16.7. The molecule has 7 nitrogen and oxygen atoms in total. The van der Waals surface area contributed by atoms with Crippen LogP contribution < -0.4 is 0 Å². The molecule has 136 valence electrons. The van der Waals surface area contributed by atoms with E-state index in [1.54, 1.807) is 0 Å². The molecule has 0 spiro atoms. The van der Waals surface area contributed by atoms with E-state index >= 15 is 0 Å². The summed E-state index contributed by atoms with van der Waals surface area (Å²) in [5.74, 6) is 0. The van der Waals surface area contributed by atoms with E-state index < -0.39 is 0 Å². The largest absolute Gasteiger partial charge is 0.355 e. The first kappa shape index (κ1) is 19.1. The lowest BCUT2D eigenvalue weighted by atomic mass is 9.98. The lowest BCUT2D eigenvalue weighted by Gasteiger charge is -2.33. The van der Waals surface area contributed by atoms with E-state index in [9.17, 15) is 0 Å². The van der Waals surface area contributed by atoms with Crippen molar-refractivity contribution < 1.29 is 33.2 Å². The van der Waals surface area contributed by atoms with Crippen LogP contribution in [0, 0.1) is 0 Å². The van der Waals surface area contributed by atoms with Gasteiger partial charge in [0.05, 0.1) is 37.6 Å². The van der Waals surface area contributed by atoms with Crippen molar-refractivity contribution in [2.75, 3.05) is 53.6 Å². The van der Waals surface area contributed by atoms with Crippen molar-refractivity contribution in [3.8, 4) is 0 Å². The molecular weight excluding hydrogens is 304 g/mol. The Balaban J connectivity index is 1.39. The molecule has 0 aromatic carbocycles. The van der Waals surface area contributed by atoms with Crippen LogP contribution in [-0.2, 0) is 33.2 Å². The Morgan fingerprint density at radius 2 is 1.22 bits per heavy atom. The second-order valence-corrected chi connectivity index (χ2v) is 6.50. The quantitative estimate of drug-likeness (QED) is 0.447. The van der Waals surface area contributed by atoms with Gasteiger partial charge >= 0.3 is 0 Å². The van der Waals surface area contributed by atoms with Gasteiger partial charge in [0.2, 0.25) is 0 Å². The average Bonchev–Trinajstić information content (AvgIpc) is 2.54. The highest BCUT2D eigenvalue weighted by Gasteiger charge is 2.28. The van der Waals surface area contributed by atoms with E-state index in [4.69, 9.17) is 33.2 Å². The normalized spacial score (nSPS) is 32.1. The highest BCUT2D eigenvalue weighted by molar-refractivity contribution is 4.76. The first-order valence-corrected chi connectivity index (χ1v) is 8.29. The first-order valence-electron chi connectivity index (χ1n) is 8.29. The fourth-order valence-electron chi connectivity index (χ4n) is 2.45. The van der Waals surface area contributed by atoms with Gasteiger partial charge in [-0.15, -0.1) is 0 Å². The minimum Gasteiger partial charge on any atom is -0.355 e. The van der Waals surface area contributed by atoms with Crippen LogP contribution in [0.3, 0.4) is 0 Å². The molecule has 0 saturated carbocycles. The Labute approximate surface area is 138 Å². The molecule has 2 rings (SSSR count). The van der Waals surface area contributed by atoms with Crippen LogP contribution >= 0.6 is 0 Å². The molecule has 2 aliphatic rings. The molecule has 2 saturated heterocycles. The fourth-order valence-corrected chi connectivity index (χ4v) is 2.45. The molecule has 2 atom stereocenters. The van der Waals surface area contributed by atoms with Gasteiger partial charge in [0.25, 0.3) is 0 Å². The van der Waals surface area contributed by atoms with E-state index in [0.29, 0.717) is 26.8 Å². The summed E-state index contributed by atoms with van der Waals surface area (Å²) < 4.78 is 37.8. The summed E-state index contributed by atoms with van der Waals surface area (Å²) >= 11 is 0. The monoisotopic (exact) mass is 334 g/mol. The molecule has 0 amide bonds. The summed E-state index contributed by atoms with van der Waals surface area (Å²) in [6, 6.07) is 0. The van der Waals surface area contributed by atoms with Crippen LogP contribution in [0.25, 0.3) is 0 Å². The van der Waals surface area contributed by atoms with Gasteiger partial charge in [-0.1, -0.05) is 0 Å². The van der Waals surface area contributed by atoms with Gasteiger partial charge in [0.1, 0.15) is 27.2 Å². The van der Waals surface area contributed by atoms with Crippen LogP contribution in [0.15, 0.2) is 0 Å². The molecule has 2 aliphatic heterocycles. The second kappa shape index (κ2) is 9.88. The van der Waals surface area contributed by atoms with Gasteiger partial charge in [0.15, 0.2) is 0 Å². The van der Waals surface area contributed by atoms with Crippen molar-refractivity contribution in [1.82, 2.24) is 0 Å². The molecule has 2 unspecified atom stereocenters. The Morgan fingerprint density at radius 3 is 1.61 bits per heavy atom. The van der Waals surface area contributed by atoms with E-state index in [1.807, 2.05) is 0 Å². The zero-order valence-electron chi connectivity index (χ0n) is 14.3. The number of ether oxygens (including phenoxy) is 7. The zero-order valence-corrected chi connectivity index (χ0v) is 14.3. The SMILES string of the molecule is CC1(CCOCOCOCCC2(C)CCOCO2)CCOCO1. The van der Waals surface area contributed by atoms with Crippen LogP contribution in [0.1, 0.15) is 39.5 Å². The molecular formula is C16H30O7. The zero-order chi connectivity index (χ0) is 16.4. The van der Waals surface area contributed by atoms with Crippen molar-refractivity contribution in [1.29, 1.82) is 0 Å². The number of hydrogen-bond acceptors (Lipinski definition) is 7. The maximum atomic E-state index is 5.60. The Morgan fingerprint density at radius 1 is 0.739 bits per heavy atom. The van der Waals surface area contributed by atoms with Crippen molar-refractivity contribution in [3.63, 3.8) is 0 Å². The molecule has 0 aliphatic carbocycles. The van der Waals surface area contributed by atoms with Gasteiger partial charge < -0.3 is 33.2 Å². The number of hydrogen-bond donors (Lipinski definition) is 0. The van der Waals surface area contributed by atoms with E-state index in [2.05, 4.69) is 13.8 Å². The van der Waals surface area contributed by atoms with Crippen LogP contribution in [0.5, 0.6) is 0 Å². The minimum atomic E-state index is -0.145. The van der Waals surface area contributed by atoms with Crippen molar-refractivity contribution in [2.24, 2.45) is 0 Å². The minimum absolute atomic E-state index is 0.145. The summed E-state index contributed by atoms with van der Waals surface area (Å²) in [6.45, 7) is 8.06. The van der Waals surface area contributed by atoms with Crippen molar-refractivity contribution in [2.45, 2.75) is 50.7 Å². The predicted octanol–water partition coefficient (Wildman–Crippen LogP) is 2.04. The van der Waals surface area contributed by atoms with Crippen molar-refractivity contribution >= 4 is 0 Å². The van der Waals surface area contributed by atoms with Crippen LogP contribution in [-0.4, -0.2) is 64.8 Å². The number of rotatable bonds is 10. The summed E-state index contributed by atoms with van der Waals surface area (Å²) in [5, 5.41) is 0. The van der Waals surface area contributed by atoms with E-state index in [0.717, 1.165) is 38.9 Å². The Kier molecular flexibility index (Phi) is 8.18. The maximum absolute atomic E-state index is 5.60. The molecule has 0 aromatic heterocycles. The second-order valence-electron chi connectivity index (χ2n) is 6.50. The smallest absolute Gasteiger partial charge is 0.149 e. The molecule has 0 N–H and O–H groups in total. The summed E-state index contributed by atoms with van der Waals surface area (Å²) in [7, 11) is 0. The first-order chi connectivity index (χ1) is 11.1. The summed E-state index contributed by atoms with van der Waals surface area (Å²) in [4.78, 5) is 0. The maximum Gasteiger partial charge on any atom is 0.149 e. The average molecular weight is 334 g/mol. The molecule has 23 heavy (non-hydrogen) atoms. The van der Waals surface area contributed by atoms with Gasteiger partial charge in [0, 0.05) is 0 Å². The lowest BCUT2D eigenvalue weighted by Crippen LogP contribution is -2.37. The molecule has 2 fully saturated rings. The molecule has 0 aromatic rings. The van der Waals surface area contributed by atoms with Gasteiger partial charge in [-0.05, 0) is 39.5 Å². The van der Waals surface area contributed by atoms with Gasteiger partial charge in [-0.2, -0.15) is 0 Å². The topological polar surface area (TPSA) is 64.6 Å². The standard InChI is InChI=1S/C16H30O7/c1-15(5-9-19-13-22-15)3-7-17-11-21-12-18-8-4-16(2)6-10-20-14-23-16/h3-14H2,1-2H3. The van der Waals surface area contributed by atoms with Crippen molar-refractivity contribution in [3.05, 3.63) is 0 Å². The van der Waals surface area contributed by atoms with Gasteiger partial charge in [-0.3, -0.25) is 0 Å². The summed E-state index contributed by atoms with van der Waals surface area (Å²) in [6.07, 6.45) is 3.45. The van der Waals surface area contributed by atoms with Gasteiger partial charge in [-0.25, -0.2) is 0 Å². The predicted molar refractivity (Wildman–Crippen MR) is 81.8 cm³/mol. The molecule has 2 heterocycles. The molecule has 0 bridgehead atoms. The molecule has 0 radical (unpaired) electrons. The third-order valence-corrected chi connectivity index (χ3v) is 4.42. The third-order valence-electron chi connectivity index (χ3n) is 4.42. The third kappa shape index (κ3) is 7.43. The molecule has 7 heteroatoms. The van der Waals surface area contributed by atoms with Crippen LogP contribution in [0.4, 0.5) is 0 Å². The lowest BCUT2D eigenvalue weighted by molar-refractivity contribution is -0.202. The van der Waals surface area contributed by atoms with Crippen LogP contribution in [0.2, 0.25) is 0 Å². The summed E-state index contributed by atoms with van der Waals surface area (Å²) in [5.41, 5.74) is -0.290. The van der Waals surface area contributed by atoms with E-state index in [1.165, 1.54) is 0 Å². The van der Waals surface area contributed by atoms with E-state index in [-0.39, 0.29) is 24.8 Å². The Hall–Kier alpha value is -0.280. The highest BCUT2D eigenvalue weighted by Crippen LogP contribution is 2.24. The fraction of sp³-hybridized carbons (Fsp3) is 1.00. The Bertz CT molecular complexity index is 282.